The van der Waals surface area contributed by atoms with E-state index in [-0.39, 0.29) is 11.6 Å². The number of rotatable bonds is 3. The molecule has 0 fully saturated rings. The van der Waals surface area contributed by atoms with Crippen LogP contribution in [0.4, 0.5) is 0 Å². The van der Waals surface area contributed by atoms with Crippen LogP contribution in [-0.2, 0) is 0 Å². The Kier molecular flexibility index (Phi) is 3.44. The van der Waals surface area contributed by atoms with Crippen LogP contribution in [-0.4, -0.2) is 10.9 Å². The van der Waals surface area contributed by atoms with Gasteiger partial charge >= 0.3 is 0 Å². The summed E-state index contributed by atoms with van der Waals surface area (Å²) in [6.45, 7) is 0. The predicted molar refractivity (Wildman–Crippen MR) is 74.5 cm³/mol. The number of nitrogen functional groups attached to an aromatic ring is 1. The number of benzene rings is 2. The van der Waals surface area contributed by atoms with Gasteiger partial charge in [0, 0.05) is 5.56 Å². The SMILES string of the molecule is N=C(N)c1cccc(C=Cc2cccc(O)c2)c1. The summed E-state index contributed by atoms with van der Waals surface area (Å²) in [5.41, 5.74) is 8.02. The van der Waals surface area contributed by atoms with Crippen molar-refractivity contribution in [1.29, 1.82) is 5.41 Å². The Balaban J connectivity index is 2.23. The quantitative estimate of drug-likeness (QED) is 0.437. The molecular weight excluding hydrogens is 224 g/mol. The van der Waals surface area contributed by atoms with Crippen LogP contribution in [0.15, 0.2) is 48.5 Å². The van der Waals surface area contributed by atoms with Crippen molar-refractivity contribution in [1.82, 2.24) is 0 Å². The van der Waals surface area contributed by atoms with Crippen molar-refractivity contribution in [2.45, 2.75) is 0 Å². The van der Waals surface area contributed by atoms with Crippen LogP contribution in [0.5, 0.6) is 5.75 Å². The minimum atomic E-state index is 0.0580. The maximum absolute atomic E-state index is 9.35. The number of nitrogens with two attached hydrogens (primary N) is 1. The van der Waals surface area contributed by atoms with Gasteiger partial charge in [-0.1, -0.05) is 42.5 Å². The zero-order valence-electron chi connectivity index (χ0n) is 9.80. The second-order valence-corrected chi connectivity index (χ2v) is 3.97. The number of phenols is 1. The average molecular weight is 238 g/mol. The van der Waals surface area contributed by atoms with Gasteiger partial charge in [0.05, 0.1) is 0 Å². The maximum Gasteiger partial charge on any atom is 0.122 e. The Morgan fingerprint density at radius 3 is 2.22 bits per heavy atom. The highest BCUT2D eigenvalue weighted by Crippen LogP contribution is 2.14. The van der Waals surface area contributed by atoms with Crippen molar-refractivity contribution in [3.8, 4) is 5.75 Å². The van der Waals surface area contributed by atoms with Gasteiger partial charge in [0.2, 0.25) is 0 Å². The zero-order chi connectivity index (χ0) is 13.0. The van der Waals surface area contributed by atoms with Crippen molar-refractivity contribution in [2.24, 2.45) is 5.73 Å². The van der Waals surface area contributed by atoms with E-state index in [1.165, 1.54) is 0 Å². The highest BCUT2D eigenvalue weighted by atomic mass is 16.3. The Morgan fingerprint density at radius 1 is 1.00 bits per heavy atom. The van der Waals surface area contributed by atoms with Gasteiger partial charge in [-0.3, -0.25) is 5.41 Å². The van der Waals surface area contributed by atoms with Crippen LogP contribution >= 0.6 is 0 Å². The first-order chi connectivity index (χ1) is 8.65. The topological polar surface area (TPSA) is 70.1 Å². The van der Waals surface area contributed by atoms with Crippen molar-refractivity contribution in [3.05, 3.63) is 65.2 Å². The molecule has 0 aliphatic rings. The summed E-state index contributed by atoms with van der Waals surface area (Å²) in [6, 6.07) is 14.5. The number of phenolic OH excluding ortho intramolecular Hbond substituents is 1. The van der Waals surface area contributed by atoms with Gasteiger partial charge in [-0.25, -0.2) is 0 Å². The molecule has 4 N–H and O–H groups in total. The highest BCUT2D eigenvalue weighted by molar-refractivity contribution is 5.95. The van der Waals surface area contributed by atoms with Gasteiger partial charge in [-0.2, -0.15) is 0 Å². The molecule has 0 aliphatic carbocycles. The molecule has 0 saturated carbocycles. The van der Waals surface area contributed by atoms with Gasteiger partial charge in [-0.15, -0.1) is 0 Å². The summed E-state index contributed by atoms with van der Waals surface area (Å²) in [6.07, 6.45) is 3.82. The van der Waals surface area contributed by atoms with E-state index in [1.807, 2.05) is 36.4 Å². The van der Waals surface area contributed by atoms with Crippen LogP contribution < -0.4 is 5.73 Å². The van der Waals surface area contributed by atoms with Gasteiger partial charge < -0.3 is 10.8 Å². The number of amidine groups is 1. The zero-order valence-corrected chi connectivity index (χ0v) is 9.80. The predicted octanol–water partition coefficient (Wildman–Crippen LogP) is 2.85. The summed E-state index contributed by atoms with van der Waals surface area (Å²) in [5.74, 6) is 0.303. The Labute approximate surface area is 106 Å². The van der Waals surface area contributed by atoms with E-state index < -0.39 is 0 Å². The molecule has 0 atom stereocenters. The summed E-state index contributed by atoms with van der Waals surface area (Å²) >= 11 is 0. The summed E-state index contributed by atoms with van der Waals surface area (Å²) in [7, 11) is 0. The highest BCUT2D eigenvalue weighted by Gasteiger charge is 1.96. The number of nitrogens with one attached hydrogen (secondary N) is 1. The molecular formula is C15H14N2O. The monoisotopic (exact) mass is 238 g/mol. The normalized spacial score (nSPS) is 10.7. The molecule has 0 aromatic heterocycles. The van der Waals surface area contributed by atoms with E-state index in [0.29, 0.717) is 5.56 Å². The van der Waals surface area contributed by atoms with E-state index in [9.17, 15) is 5.11 Å². The fourth-order valence-electron chi connectivity index (χ4n) is 1.63. The summed E-state index contributed by atoms with van der Waals surface area (Å²) in [4.78, 5) is 0. The fraction of sp³-hybridized carbons (Fsp3) is 0. The molecule has 2 aromatic rings. The van der Waals surface area contributed by atoms with Crippen LogP contribution in [0.25, 0.3) is 12.2 Å². The van der Waals surface area contributed by atoms with E-state index >= 15 is 0 Å². The lowest BCUT2D eigenvalue weighted by Crippen LogP contribution is -2.10. The molecule has 0 heterocycles. The molecule has 3 nitrogen and oxygen atoms in total. The average Bonchev–Trinajstić information content (AvgIpc) is 2.37. The molecule has 0 aliphatic heterocycles. The molecule has 18 heavy (non-hydrogen) atoms. The minimum Gasteiger partial charge on any atom is -0.508 e. The number of hydrogen-bond donors (Lipinski definition) is 3. The van der Waals surface area contributed by atoms with Gasteiger partial charge in [0.25, 0.3) is 0 Å². The molecule has 3 heteroatoms. The second kappa shape index (κ2) is 5.19. The molecule has 0 unspecified atom stereocenters. The molecule has 0 spiro atoms. The molecule has 2 aromatic carbocycles. The van der Waals surface area contributed by atoms with E-state index in [0.717, 1.165) is 11.1 Å². The van der Waals surface area contributed by atoms with Crippen LogP contribution in [0.1, 0.15) is 16.7 Å². The lowest BCUT2D eigenvalue weighted by atomic mass is 10.1. The van der Waals surface area contributed by atoms with Gasteiger partial charge in [0.1, 0.15) is 11.6 Å². The fourth-order valence-corrected chi connectivity index (χ4v) is 1.63. The van der Waals surface area contributed by atoms with Crippen LogP contribution in [0, 0.1) is 5.41 Å². The molecule has 2 rings (SSSR count). The van der Waals surface area contributed by atoms with Crippen molar-refractivity contribution < 1.29 is 5.11 Å². The second-order valence-electron chi connectivity index (χ2n) is 3.97. The maximum atomic E-state index is 9.35. The molecule has 0 radical (unpaired) electrons. The first kappa shape index (κ1) is 11.9. The van der Waals surface area contributed by atoms with Gasteiger partial charge in [-0.05, 0) is 29.3 Å². The molecule has 0 bridgehead atoms. The summed E-state index contributed by atoms with van der Waals surface area (Å²) in [5, 5.41) is 16.7. The van der Waals surface area contributed by atoms with Crippen molar-refractivity contribution >= 4 is 18.0 Å². The smallest absolute Gasteiger partial charge is 0.122 e. The van der Waals surface area contributed by atoms with Gasteiger partial charge in [0.15, 0.2) is 0 Å². The van der Waals surface area contributed by atoms with E-state index in [1.54, 1.807) is 24.3 Å². The van der Waals surface area contributed by atoms with Crippen LogP contribution in [0.2, 0.25) is 0 Å². The number of aromatic hydroxyl groups is 1. The largest absolute Gasteiger partial charge is 0.508 e. The lowest BCUT2D eigenvalue weighted by molar-refractivity contribution is 0.475. The summed E-state index contributed by atoms with van der Waals surface area (Å²) < 4.78 is 0. The van der Waals surface area contributed by atoms with Crippen molar-refractivity contribution in [2.75, 3.05) is 0 Å². The van der Waals surface area contributed by atoms with Crippen molar-refractivity contribution in [3.63, 3.8) is 0 Å². The third kappa shape index (κ3) is 2.98. The first-order valence-electron chi connectivity index (χ1n) is 5.57. The Hall–Kier alpha value is -2.55. The minimum absolute atomic E-state index is 0.0580. The first-order valence-corrected chi connectivity index (χ1v) is 5.57. The molecule has 0 saturated heterocycles. The van der Waals surface area contributed by atoms with E-state index in [2.05, 4.69) is 0 Å². The third-order valence-corrected chi connectivity index (χ3v) is 2.54. The lowest BCUT2D eigenvalue weighted by Gasteiger charge is -2.00. The number of hydrogen-bond acceptors (Lipinski definition) is 2. The third-order valence-electron chi connectivity index (χ3n) is 2.54. The Morgan fingerprint density at radius 2 is 1.61 bits per heavy atom. The molecule has 90 valence electrons. The Bertz CT molecular complexity index is 603. The van der Waals surface area contributed by atoms with E-state index in [4.69, 9.17) is 11.1 Å². The van der Waals surface area contributed by atoms with Crippen LogP contribution in [0.3, 0.4) is 0 Å². The standard InChI is InChI=1S/C15H14N2O/c16-15(17)13-5-1-3-11(9-13)7-8-12-4-2-6-14(18)10-12/h1-10,18H,(H3,16,17). The molecule has 0 amide bonds.